The number of hydrogen-bond donors (Lipinski definition) is 0. The number of carbonyl (C=O) groups is 1. The molecule has 0 saturated heterocycles. The molecule has 2 rings (SSSR count). The Kier molecular flexibility index (Phi) is 3.04. The molecule has 0 aromatic carbocycles. The molecular weight excluding hydrogens is 288 g/mol. The molecule has 0 radical (unpaired) electrons. The number of aryl methyl sites for hydroxylation is 3. The van der Waals surface area contributed by atoms with E-state index in [0.717, 1.165) is 20.0 Å². The average Bonchev–Trinajstić information content (AvgIpc) is 2.70. The van der Waals surface area contributed by atoms with Crippen LogP contribution in [-0.2, 0) is 0 Å². The second kappa shape index (κ2) is 4.18. The lowest BCUT2D eigenvalue weighted by atomic mass is 10.1. The standard InChI is InChI=1S/C12H11BrO2S/c1-6-4-10(16-12(6)13)11(14)9-5-7(2)15-8(9)3/h4-5H,1-3H3. The Balaban J connectivity index is 2.42. The van der Waals surface area contributed by atoms with Crippen molar-refractivity contribution in [1.29, 1.82) is 0 Å². The fraction of sp³-hybridized carbons (Fsp3) is 0.250. The third kappa shape index (κ3) is 1.99. The van der Waals surface area contributed by atoms with Gasteiger partial charge in [0.1, 0.15) is 11.5 Å². The van der Waals surface area contributed by atoms with Crippen molar-refractivity contribution in [2.24, 2.45) is 0 Å². The average molecular weight is 299 g/mol. The molecule has 0 atom stereocenters. The maximum Gasteiger partial charge on any atom is 0.206 e. The van der Waals surface area contributed by atoms with Crippen molar-refractivity contribution in [1.82, 2.24) is 0 Å². The summed E-state index contributed by atoms with van der Waals surface area (Å²) in [6.45, 7) is 5.64. The summed E-state index contributed by atoms with van der Waals surface area (Å²) in [5, 5.41) is 0. The van der Waals surface area contributed by atoms with Crippen molar-refractivity contribution >= 4 is 33.0 Å². The van der Waals surface area contributed by atoms with E-state index in [2.05, 4.69) is 15.9 Å². The minimum Gasteiger partial charge on any atom is -0.466 e. The second-order valence-electron chi connectivity index (χ2n) is 3.72. The fourth-order valence-electron chi connectivity index (χ4n) is 1.56. The molecule has 0 spiro atoms. The first-order valence-corrected chi connectivity index (χ1v) is 6.47. The van der Waals surface area contributed by atoms with Crippen LogP contribution in [0.3, 0.4) is 0 Å². The Hall–Kier alpha value is -0.870. The van der Waals surface area contributed by atoms with Crippen LogP contribution in [0.1, 0.15) is 32.3 Å². The molecule has 0 fully saturated rings. The van der Waals surface area contributed by atoms with Gasteiger partial charge in [-0.25, -0.2) is 0 Å². The molecule has 0 aliphatic rings. The van der Waals surface area contributed by atoms with Gasteiger partial charge in [-0.2, -0.15) is 0 Å². The number of thiophene rings is 1. The van der Waals surface area contributed by atoms with Crippen LogP contribution in [-0.4, -0.2) is 5.78 Å². The van der Waals surface area contributed by atoms with Gasteiger partial charge in [0.15, 0.2) is 0 Å². The van der Waals surface area contributed by atoms with Crippen molar-refractivity contribution in [3.05, 3.63) is 43.4 Å². The molecule has 0 amide bonds. The third-order valence-corrected chi connectivity index (χ3v) is 4.50. The van der Waals surface area contributed by atoms with Crippen LogP contribution >= 0.6 is 27.3 Å². The zero-order valence-corrected chi connectivity index (χ0v) is 11.7. The highest BCUT2D eigenvalue weighted by Crippen LogP contribution is 2.30. The molecule has 0 saturated carbocycles. The number of ketones is 1. The highest BCUT2D eigenvalue weighted by molar-refractivity contribution is 9.11. The summed E-state index contributed by atoms with van der Waals surface area (Å²) in [6.07, 6.45) is 0. The van der Waals surface area contributed by atoms with Crippen LogP contribution in [0.15, 0.2) is 20.3 Å². The number of rotatable bonds is 2. The maximum absolute atomic E-state index is 12.2. The minimum absolute atomic E-state index is 0.0353. The van der Waals surface area contributed by atoms with Gasteiger partial charge in [-0.05, 0) is 54.4 Å². The zero-order valence-electron chi connectivity index (χ0n) is 9.26. The SMILES string of the molecule is Cc1cc(C(=O)c2cc(C)c(Br)s2)c(C)o1. The summed E-state index contributed by atoms with van der Waals surface area (Å²) in [4.78, 5) is 12.9. The third-order valence-electron chi connectivity index (χ3n) is 2.37. The molecular formula is C12H11BrO2S. The van der Waals surface area contributed by atoms with E-state index in [1.54, 1.807) is 6.07 Å². The highest BCUT2D eigenvalue weighted by Gasteiger charge is 2.18. The lowest BCUT2D eigenvalue weighted by molar-refractivity contribution is 0.104. The molecule has 2 heterocycles. The smallest absolute Gasteiger partial charge is 0.206 e. The Morgan fingerprint density at radius 2 is 2.00 bits per heavy atom. The Morgan fingerprint density at radius 3 is 2.44 bits per heavy atom. The van der Waals surface area contributed by atoms with Crippen LogP contribution in [0.5, 0.6) is 0 Å². The van der Waals surface area contributed by atoms with Crippen LogP contribution in [0.4, 0.5) is 0 Å². The monoisotopic (exact) mass is 298 g/mol. The van der Waals surface area contributed by atoms with Gasteiger partial charge in [0, 0.05) is 0 Å². The molecule has 4 heteroatoms. The molecule has 2 nitrogen and oxygen atoms in total. The van der Waals surface area contributed by atoms with Gasteiger partial charge in [-0.3, -0.25) is 4.79 Å². The first-order valence-electron chi connectivity index (χ1n) is 4.86. The van der Waals surface area contributed by atoms with Crippen molar-refractivity contribution in [2.45, 2.75) is 20.8 Å². The second-order valence-corrected chi connectivity index (χ2v) is 6.09. The predicted octanol–water partition coefficient (Wildman–Crippen LogP) is 4.26. The zero-order chi connectivity index (χ0) is 11.9. The minimum atomic E-state index is 0.0353. The number of hydrogen-bond acceptors (Lipinski definition) is 3. The largest absolute Gasteiger partial charge is 0.466 e. The first kappa shape index (κ1) is 11.6. The molecule has 84 valence electrons. The topological polar surface area (TPSA) is 30.2 Å². The summed E-state index contributed by atoms with van der Waals surface area (Å²) in [5.41, 5.74) is 1.75. The van der Waals surface area contributed by atoms with E-state index in [9.17, 15) is 4.79 Å². The maximum atomic E-state index is 12.2. The van der Waals surface area contributed by atoms with Crippen molar-refractivity contribution in [3.63, 3.8) is 0 Å². The molecule has 0 aliphatic carbocycles. The highest BCUT2D eigenvalue weighted by atomic mass is 79.9. The number of halogens is 1. The van der Waals surface area contributed by atoms with Gasteiger partial charge in [0.2, 0.25) is 5.78 Å². The lowest BCUT2D eigenvalue weighted by Crippen LogP contribution is -1.98. The molecule has 0 aliphatic heterocycles. The first-order chi connectivity index (χ1) is 7.49. The van der Waals surface area contributed by atoms with Crippen molar-refractivity contribution < 1.29 is 9.21 Å². The molecule has 0 bridgehead atoms. The molecule has 0 N–H and O–H groups in total. The molecule has 2 aromatic rings. The molecule has 0 unspecified atom stereocenters. The van der Waals surface area contributed by atoms with Gasteiger partial charge >= 0.3 is 0 Å². The Morgan fingerprint density at radius 1 is 1.31 bits per heavy atom. The Labute approximate surface area is 106 Å². The quantitative estimate of drug-likeness (QED) is 0.776. The van der Waals surface area contributed by atoms with E-state index in [1.165, 1.54) is 11.3 Å². The van der Waals surface area contributed by atoms with Crippen LogP contribution < -0.4 is 0 Å². The summed E-state index contributed by atoms with van der Waals surface area (Å²) in [5.74, 6) is 1.49. The van der Waals surface area contributed by atoms with Crippen LogP contribution in [0.2, 0.25) is 0 Å². The van der Waals surface area contributed by atoms with Crippen LogP contribution in [0.25, 0.3) is 0 Å². The van der Waals surface area contributed by atoms with Gasteiger partial charge in [-0.1, -0.05) is 0 Å². The normalized spacial score (nSPS) is 10.8. The lowest BCUT2D eigenvalue weighted by Gasteiger charge is -1.93. The van der Waals surface area contributed by atoms with Crippen molar-refractivity contribution in [3.8, 4) is 0 Å². The predicted molar refractivity (Wildman–Crippen MR) is 68.4 cm³/mol. The van der Waals surface area contributed by atoms with Gasteiger partial charge in [0.25, 0.3) is 0 Å². The molecule has 16 heavy (non-hydrogen) atoms. The van der Waals surface area contributed by atoms with E-state index in [-0.39, 0.29) is 5.78 Å². The van der Waals surface area contributed by atoms with Gasteiger partial charge in [-0.15, -0.1) is 11.3 Å². The van der Waals surface area contributed by atoms with E-state index in [1.807, 2.05) is 26.8 Å². The summed E-state index contributed by atoms with van der Waals surface area (Å²) in [7, 11) is 0. The van der Waals surface area contributed by atoms with E-state index in [4.69, 9.17) is 4.42 Å². The number of carbonyl (C=O) groups excluding carboxylic acids is 1. The summed E-state index contributed by atoms with van der Waals surface area (Å²) >= 11 is 4.88. The fourth-order valence-corrected chi connectivity index (χ4v) is 3.05. The Bertz CT molecular complexity index is 532. The van der Waals surface area contributed by atoms with E-state index < -0.39 is 0 Å². The number of furan rings is 1. The van der Waals surface area contributed by atoms with Crippen LogP contribution in [0, 0.1) is 20.8 Å². The van der Waals surface area contributed by atoms with Gasteiger partial charge < -0.3 is 4.42 Å². The summed E-state index contributed by atoms with van der Waals surface area (Å²) < 4.78 is 6.37. The summed E-state index contributed by atoms with van der Waals surface area (Å²) in [6, 6.07) is 3.69. The molecule has 2 aromatic heterocycles. The van der Waals surface area contributed by atoms with E-state index in [0.29, 0.717) is 11.3 Å². The van der Waals surface area contributed by atoms with Gasteiger partial charge in [0.05, 0.1) is 14.2 Å². The van der Waals surface area contributed by atoms with Crippen molar-refractivity contribution in [2.75, 3.05) is 0 Å². The van der Waals surface area contributed by atoms with E-state index >= 15 is 0 Å².